The average Bonchev–Trinajstić information content (AvgIpc) is 3.18. The van der Waals surface area contributed by atoms with Crippen LogP contribution in [0.5, 0.6) is 0 Å². The van der Waals surface area contributed by atoms with Gasteiger partial charge in [-0.15, -0.1) is 11.3 Å². The standard InChI is InChI=1S/C20H23N3O2S/c1-3-4-7-12-23-20(25)16-10-6-5-9-15(16)18(22-23)19(24)21-14(2)17-11-8-13-26-17/h5-6,8-11,13-14H,3-4,7,12H2,1-2H3,(H,21,24). The monoisotopic (exact) mass is 369 g/mol. The third-order valence-electron chi connectivity index (χ3n) is 4.37. The van der Waals surface area contributed by atoms with Gasteiger partial charge in [-0.25, -0.2) is 4.68 Å². The number of thiophene rings is 1. The zero-order valence-corrected chi connectivity index (χ0v) is 15.9. The molecule has 2 heterocycles. The van der Waals surface area contributed by atoms with E-state index in [1.54, 1.807) is 23.5 Å². The maximum absolute atomic E-state index is 12.9. The zero-order chi connectivity index (χ0) is 18.5. The minimum Gasteiger partial charge on any atom is -0.343 e. The Morgan fingerprint density at radius 2 is 1.96 bits per heavy atom. The number of benzene rings is 1. The van der Waals surface area contributed by atoms with E-state index < -0.39 is 0 Å². The Bertz CT molecular complexity index is 947. The summed E-state index contributed by atoms with van der Waals surface area (Å²) in [6.07, 6.45) is 2.96. The summed E-state index contributed by atoms with van der Waals surface area (Å²) in [5.74, 6) is -0.258. The van der Waals surface area contributed by atoms with Crippen molar-refractivity contribution in [1.82, 2.24) is 15.1 Å². The predicted molar refractivity (Wildman–Crippen MR) is 106 cm³/mol. The fraction of sp³-hybridized carbons (Fsp3) is 0.350. The summed E-state index contributed by atoms with van der Waals surface area (Å²) in [4.78, 5) is 26.6. The molecule has 1 atom stereocenters. The van der Waals surface area contributed by atoms with E-state index >= 15 is 0 Å². The molecule has 0 radical (unpaired) electrons. The molecule has 2 aromatic heterocycles. The number of amides is 1. The van der Waals surface area contributed by atoms with Gasteiger partial charge in [0.05, 0.1) is 11.4 Å². The van der Waals surface area contributed by atoms with Crippen LogP contribution in [0, 0.1) is 0 Å². The van der Waals surface area contributed by atoms with E-state index in [-0.39, 0.29) is 17.5 Å². The molecule has 0 aliphatic carbocycles. The Morgan fingerprint density at radius 1 is 1.19 bits per heavy atom. The molecule has 6 heteroatoms. The number of hydrogen-bond donors (Lipinski definition) is 1. The number of carbonyl (C=O) groups is 1. The van der Waals surface area contributed by atoms with Gasteiger partial charge in [-0.1, -0.05) is 44.0 Å². The van der Waals surface area contributed by atoms with E-state index in [9.17, 15) is 9.59 Å². The van der Waals surface area contributed by atoms with Gasteiger partial charge in [-0.05, 0) is 30.9 Å². The second-order valence-corrected chi connectivity index (χ2v) is 7.32. The molecule has 0 spiro atoms. The molecule has 5 nitrogen and oxygen atoms in total. The van der Waals surface area contributed by atoms with Crippen molar-refractivity contribution in [3.05, 3.63) is 62.7 Å². The van der Waals surface area contributed by atoms with Crippen LogP contribution in [0.3, 0.4) is 0 Å². The van der Waals surface area contributed by atoms with Gasteiger partial charge in [0.25, 0.3) is 11.5 Å². The smallest absolute Gasteiger partial charge is 0.274 e. The topological polar surface area (TPSA) is 64.0 Å². The Labute approximate surface area is 156 Å². The molecule has 0 bridgehead atoms. The molecule has 0 saturated heterocycles. The summed E-state index contributed by atoms with van der Waals surface area (Å²) >= 11 is 1.60. The van der Waals surface area contributed by atoms with E-state index in [0.29, 0.717) is 23.0 Å². The van der Waals surface area contributed by atoms with E-state index in [1.165, 1.54) is 4.68 Å². The van der Waals surface area contributed by atoms with Crippen LogP contribution in [0.4, 0.5) is 0 Å². The summed E-state index contributed by atoms with van der Waals surface area (Å²) in [6.45, 7) is 4.59. The molecule has 3 aromatic rings. The third kappa shape index (κ3) is 3.85. The minimum atomic E-state index is -0.258. The van der Waals surface area contributed by atoms with Crippen molar-refractivity contribution in [2.24, 2.45) is 0 Å². The van der Waals surface area contributed by atoms with Crippen LogP contribution < -0.4 is 10.9 Å². The number of nitrogens with zero attached hydrogens (tertiary/aromatic N) is 2. The van der Waals surface area contributed by atoms with Gasteiger partial charge in [0.2, 0.25) is 0 Å². The zero-order valence-electron chi connectivity index (χ0n) is 15.1. The van der Waals surface area contributed by atoms with Gasteiger partial charge in [0, 0.05) is 16.8 Å². The molecule has 1 unspecified atom stereocenters. The summed E-state index contributed by atoms with van der Waals surface area (Å²) in [7, 11) is 0. The van der Waals surface area contributed by atoms with Crippen molar-refractivity contribution in [2.45, 2.75) is 45.7 Å². The van der Waals surface area contributed by atoms with Crippen molar-refractivity contribution < 1.29 is 4.79 Å². The third-order valence-corrected chi connectivity index (χ3v) is 5.43. The lowest BCUT2D eigenvalue weighted by Crippen LogP contribution is -2.32. The summed E-state index contributed by atoms with van der Waals surface area (Å²) in [6, 6.07) is 11.0. The van der Waals surface area contributed by atoms with Crippen molar-refractivity contribution in [3.63, 3.8) is 0 Å². The van der Waals surface area contributed by atoms with Crippen LogP contribution in [0.1, 0.15) is 54.5 Å². The molecule has 1 aromatic carbocycles. The molecule has 1 amide bonds. The fourth-order valence-corrected chi connectivity index (χ4v) is 3.67. The molecule has 1 N–H and O–H groups in total. The van der Waals surface area contributed by atoms with Gasteiger partial charge >= 0.3 is 0 Å². The minimum absolute atomic E-state index is 0.108. The van der Waals surface area contributed by atoms with Gasteiger partial charge in [0.15, 0.2) is 5.69 Å². The number of unbranched alkanes of at least 4 members (excludes halogenated alkanes) is 2. The van der Waals surface area contributed by atoms with Crippen molar-refractivity contribution in [3.8, 4) is 0 Å². The lowest BCUT2D eigenvalue weighted by molar-refractivity contribution is 0.0935. The molecule has 0 saturated carbocycles. The van der Waals surface area contributed by atoms with Crippen LogP contribution in [0.25, 0.3) is 10.8 Å². The van der Waals surface area contributed by atoms with E-state index in [2.05, 4.69) is 17.3 Å². The van der Waals surface area contributed by atoms with E-state index in [4.69, 9.17) is 0 Å². The highest BCUT2D eigenvalue weighted by Gasteiger charge is 2.19. The number of fused-ring (bicyclic) bond motifs is 1. The molecule has 0 aliphatic heterocycles. The highest BCUT2D eigenvalue weighted by molar-refractivity contribution is 7.10. The summed E-state index contributed by atoms with van der Waals surface area (Å²) in [5, 5.41) is 10.5. The van der Waals surface area contributed by atoms with Gasteiger partial charge in [0.1, 0.15) is 0 Å². The Hall–Kier alpha value is -2.47. The molecule has 3 rings (SSSR count). The van der Waals surface area contributed by atoms with E-state index in [0.717, 1.165) is 24.1 Å². The van der Waals surface area contributed by atoms with Gasteiger partial charge in [-0.2, -0.15) is 5.10 Å². The van der Waals surface area contributed by atoms with E-state index in [1.807, 2.05) is 36.6 Å². The molecule has 136 valence electrons. The normalized spacial score (nSPS) is 12.2. The van der Waals surface area contributed by atoms with Crippen LogP contribution in [-0.4, -0.2) is 15.7 Å². The largest absolute Gasteiger partial charge is 0.343 e. The number of nitrogens with one attached hydrogen (secondary N) is 1. The van der Waals surface area contributed by atoms with Crippen LogP contribution in [0.15, 0.2) is 46.6 Å². The van der Waals surface area contributed by atoms with Crippen molar-refractivity contribution >= 4 is 28.0 Å². The second-order valence-electron chi connectivity index (χ2n) is 6.34. The number of aryl methyl sites for hydroxylation is 1. The number of aromatic nitrogens is 2. The Kier molecular flexibility index (Phi) is 5.83. The van der Waals surface area contributed by atoms with Crippen LogP contribution in [-0.2, 0) is 6.54 Å². The number of rotatable bonds is 7. The van der Waals surface area contributed by atoms with Crippen molar-refractivity contribution in [2.75, 3.05) is 0 Å². The maximum atomic E-state index is 12.9. The molecular weight excluding hydrogens is 346 g/mol. The summed E-state index contributed by atoms with van der Waals surface area (Å²) in [5.41, 5.74) is 0.166. The number of carbonyl (C=O) groups excluding carboxylic acids is 1. The summed E-state index contributed by atoms with van der Waals surface area (Å²) < 4.78 is 1.43. The Morgan fingerprint density at radius 3 is 2.65 bits per heavy atom. The average molecular weight is 369 g/mol. The first-order valence-corrected chi connectivity index (χ1v) is 9.84. The highest BCUT2D eigenvalue weighted by atomic mass is 32.1. The lowest BCUT2D eigenvalue weighted by atomic mass is 10.1. The first kappa shape index (κ1) is 18.3. The molecular formula is C20H23N3O2S. The van der Waals surface area contributed by atoms with Crippen LogP contribution >= 0.6 is 11.3 Å². The highest BCUT2D eigenvalue weighted by Crippen LogP contribution is 2.20. The number of hydrogen-bond acceptors (Lipinski definition) is 4. The quantitative estimate of drug-likeness (QED) is 0.637. The molecule has 26 heavy (non-hydrogen) atoms. The lowest BCUT2D eigenvalue weighted by Gasteiger charge is -2.14. The van der Waals surface area contributed by atoms with Crippen molar-refractivity contribution in [1.29, 1.82) is 0 Å². The first-order chi connectivity index (χ1) is 12.6. The predicted octanol–water partition coefficient (Wildman–Crippen LogP) is 4.14. The Balaban J connectivity index is 1.96. The second kappa shape index (κ2) is 8.27. The van der Waals surface area contributed by atoms with Gasteiger partial charge < -0.3 is 5.32 Å². The first-order valence-electron chi connectivity index (χ1n) is 8.96. The van der Waals surface area contributed by atoms with Gasteiger partial charge in [-0.3, -0.25) is 9.59 Å². The SMILES string of the molecule is CCCCCn1nc(C(=O)NC(C)c2cccs2)c2ccccc2c1=O. The molecule has 0 fully saturated rings. The van der Waals surface area contributed by atoms with Crippen LogP contribution in [0.2, 0.25) is 0 Å². The molecule has 0 aliphatic rings. The maximum Gasteiger partial charge on any atom is 0.274 e. The fourth-order valence-electron chi connectivity index (χ4n) is 2.94.